The van der Waals surface area contributed by atoms with E-state index in [1.807, 2.05) is 6.07 Å². The van der Waals surface area contributed by atoms with Gasteiger partial charge in [-0.2, -0.15) is 0 Å². The van der Waals surface area contributed by atoms with Crippen LogP contribution in [0.5, 0.6) is 0 Å². The number of nitrogen functional groups attached to an aromatic ring is 1. The van der Waals surface area contributed by atoms with Crippen LogP contribution in [0.2, 0.25) is 0 Å². The highest BCUT2D eigenvalue weighted by molar-refractivity contribution is 5.52. The molecule has 3 rings (SSSR count). The van der Waals surface area contributed by atoms with Gasteiger partial charge in [0.05, 0.1) is 0 Å². The molecule has 0 amide bonds. The van der Waals surface area contributed by atoms with E-state index in [4.69, 9.17) is 5.73 Å². The molecule has 0 aromatic heterocycles. The molecule has 1 saturated carbocycles. The summed E-state index contributed by atoms with van der Waals surface area (Å²) in [7, 11) is 0. The van der Waals surface area contributed by atoms with E-state index in [1.54, 1.807) is 0 Å². The fourth-order valence-corrected chi connectivity index (χ4v) is 3.86. The van der Waals surface area contributed by atoms with E-state index in [-0.39, 0.29) is 0 Å². The molecule has 2 aliphatic rings. The van der Waals surface area contributed by atoms with Crippen LogP contribution in [-0.4, -0.2) is 11.4 Å². The first-order chi connectivity index (χ1) is 9.22. The smallest absolute Gasteiger partial charge is 0.0363 e. The summed E-state index contributed by atoms with van der Waals surface area (Å²) >= 11 is 0. The average Bonchev–Trinajstić information content (AvgIpc) is 2.81. The predicted octanol–water partition coefficient (Wildman–Crippen LogP) is 3.80. The summed E-state index contributed by atoms with van der Waals surface area (Å²) in [6.45, 7) is 5.82. The molecule has 2 N–H and O–H groups in total. The number of benzene rings is 1. The van der Waals surface area contributed by atoms with Gasteiger partial charge in [-0.15, -0.1) is 0 Å². The van der Waals surface area contributed by atoms with Gasteiger partial charge in [0.15, 0.2) is 0 Å². The molecule has 1 fully saturated rings. The molecule has 2 nitrogen and oxygen atoms in total. The highest BCUT2D eigenvalue weighted by Crippen LogP contribution is 2.32. The van der Waals surface area contributed by atoms with Gasteiger partial charge in [-0.1, -0.05) is 38.3 Å². The normalized spacial score (nSPS) is 27.4. The van der Waals surface area contributed by atoms with Gasteiger partial charge < -0.3 is 5.73 Å². The molecule has 1 aliphatic heterocycles. The highest BCUT2D eigenvalue weighted by Gasteiger charge is 2.23. The molecule has 0 bridgehead atoms. The molecule has 0 saturated heterocycles. The summed E-state index contributed by atoms with van der Waals surface area (Å²) in [6.07, 6.45) is 7.16. The third-order valence-corrected chi connectivity index (χ3v) is 4.98. The van der Waals surface area contributed by atoms with Crippen LogP contribution in [0.4, 0.5) is 5.69 Å². The van der Waals surface area contributed by atoms with Crippen molar-refractivity contribution in [1.82, 2.24) is 4.90 Å². The van der Waals surface area contributed by atoms with Crippen molar-refractivity contribution >= 4 is 5.69 Å². The van der Waals surface area contributed by atoms with Gasteiger partial charge in [-0.3, -0.25) is 4.90 Å². The molecule has 2 heteroatoms. The lowest BCUT2D eigenvalue weighted by Gasteiger charge is -2.28. The van der Waals surface area contributed by atoms with Crippen molar-refractivity contribution in [3.05, 3.63) is 29.3 Å². The lowest BCUT2D eigenvalue weighted by molar-refractivity contribution is 0.213. The van der Waals surface area contributed by atoms with Gasteiger partial charge in [0, 0.05) is 18.8 Å². The van der Waals surface area contributed by atoms with E-state index in [2.05, 4.69) is 24.0 Å². The van der Waals surface area contributed by atoms with E-state index < -0.39 is 0 Å². The Morgan fingerprint density at radius 1 is 1.26 bits per heavy atom. The molecule has 1 aromatic rings. The molecule has 2 atom stereocenters. The van der Waals surface area contributed by atoms with Crippen LogP contribution < -0.4 is 5.73 Å². The van der Waals surface area contributed by atoms with Crippen LogP contribution in [0.15, 0.2) is 18.2 Å². The second-order valence-electron chi connectivity index (χ2n) is 6.62. The zero-order chi connectivity index (χ0) is 13.2. The van der Waals surface area contributed by atoms with E-state index in [0.29, 0.717) is 0 Å². The van der Waals surface area contributed by atoms with E-state index >= 15 is 0 Å². The lowest BCUT2D eigenvalue weighted by atomic mass is 9.81. The zero-order valence-corrected chi connectivity index (χ0v) is 12.1. The second-order valence-corrected chi connectivity index (χ2v) is 6.62. The maximum absolute atomic E-state index is 6.06. The maximum Gasteiger partial charge on any atom is 0.0363 e. The average molecular weight is 258 g/mol. The van der Waals surface area contributed by atoms with Gasteiger partial charge in [0.1, 0.15) is 0 Å². The predicted molar refractivity (Wildman–Crippen MR) is 80.7 cm³/mol. The molecule has 19 heavy (non-hydrogen) atoms. The number of nitrogens with two attached hydrogens (primary N) is 1. The number of fused-ring (bicyclic) bond motifs is 1. The Balaban J connectivity index is 1.52. The summed E-state index contributed by atoms with van der Waals surface area (Å²) in [6, 6.07) is 6.35. The van der Waals surface area contributed by atoms with E-state index in [9.17, 15) is 0 Å². The third kappa shape index (κ3) is 2.94. The SMILES string of the molecule is CC1CCCC(CCN2Cc3cccc(N)c3C2)C1. The summed E-state index contributed by atoms with van der Waals surface area (Å²) in [5.41, 5.74) is 9.86. The van der Waals surface area contributed by atoms with Crippen molar-refractivity contribution in [1.29, 1.82) is 0 Å². The minimum atomic E-state index is 0.949. The van der Waals surface area contributed by atoms with Crippen molar-refractivity contribution in [3.8, 4) is 0 Å². The van der Waals surface area contributed by atoms with Crippen LogP contribution in [0, 0.1) is 11.8 Å². The van der Waals surface area contributed by atoms with Crippen molar-refractivity contribution < 1.29 is 0 Å². The van der Waals surface area contributed by atoms with Gasteiger partial charge in [-0.25, -0.2) is 0 Å². The summed E-state index contributed by atoms with van der Waals surface area (Å²) in [5, 5.41) is 0. The number of rotatable bonds is 3. The summed E-state index contributed by atoms with van der Waals surface area (Å²) < 4.78 is 0. The third-order valence-electron chi connectivity index (χ3n) is 4.98. The standard InChI is InChI=1S/C17H26N2/c1-13-4-2-5-14(10-13)8-9-19-11-15-6-3-7-17(18)16(15)12-19/h3,6-7,13-14H,2,4-5,8-12,18H2,1H3. The minimum Gasteiger partial charge on any atom is -0.398 e. The largest absolute Gasteiger partial charge is 0.398 e. The molecular weight excluding hydrogens is 232 g/mol. The van der Waals surface area contributed by atoms with Crippen LogP contribution in [0.25, 0.3) is 0 Å². The molecule has 1 aliphatic carbocycles. The lowest BCUT2D eigenvalue weighted by Crippen LogP contribution is -2.22. The Kier molecular flexibility index (Phi) is 3.79. The van der Waals surface area contributed by atoms with Crippen molar-refractivity contribution in [3.63, 3.8) is 0 Å². The van der Waals surface area contributed by atoms with E-state index in [0.717, 1.165) is 30.6 Å². The van der Waals surface area contributed by atoms with Crippen LogP contribution in [0.3, 0.4) is 0 Å². The topological polar surface area (TPSA) is 29.3 Å². The number of hydrogen-bond donors (Lipinski definition) is 1. The first-order valence-electron chi connectivity index (χ1n) is 7.81. The van der Waals surface area contributed by atoms with Gasteiger partial charge in [-0.05, 0) is 48.4 Å². The monoisotopic (exact) mass is 258 g/mol. The summed E-state index contributed by atoms with van der Waals surface area (Å²) in [5.74, 6) is 1.91. The first-order valence-corrected chi connectivity index (χ1v) is 7.81. The van der Waals surface area contributed by atoms with Crippen LogP contribution in [0.1, 0.15) is 50.2 Å². The zero-order valence-electron chi connectivity index (χ0n) is 12.1. The Morgan fingerprint density at radius 3 is 2.95 bits per heavy atom. The minimum absolute atomic E-state index is 0.949. The van der Waals surface area contributed by atoms with Crippen molar-refractivity contribution in [2.24, 2.45) is 11.8 Å². The molecule has 2 unspecified atom stereocenters. The van der Waals surface area contributed by atoms with Gasteiger partial charge >= 0.3 is 0 Å². The fraction of sp³-hybridized carbons (Fsp3) is 0.647. The first kappa shape index (κ1) is 13.0. The van der Waals surface area contributed by atoms with Crippen molar-refractivity contribution in [2.45, 2.75) is 52.1 Å². The highest BCUT2D eigenvalue weighted by atomic mass is 15.1. The maximum atomic E-state index is 6.06. The number of anilines is 1. The Labute approximate surface area is 117 Å². The Morgan fingerprint density at radius 2 is 2.16 bits per heavy atom. The van der Waals surface area contributed by atoms with E-state index in [1.165, 1.54) is 49.8 Å². The van der Waals surface area contributed by atoms with Gasteiger partial charge in [0.25, 0.3) is 0 Å². The Hall–Kier alpha value is -1.02. The number of nitrogens with zero attached hydrogens (tertiary/aromatic N) is 1. The molecule has 1 heterocycles. The molecule has 104 valence electrons. The summed E-state index contributed by atoms with van der Waals surface area (Å²) in [4.78, 5) is 2.57. The fourth-order valence-electron chi connectivity index (χ4n) is 3.86. The number of hydrogen-bond acceptors (Lipinski definition) is 2. The quantitative estimate of drug-likeness (QED) is 0.836. The Bertz CT molecular complexity index is 441. The molecule has 0 spiro atoms. The molecule has 1 aromatic carbocycles. The molecule has 0 radical (unpaired) electrons. The second kappa shape index (κ2) is 5.54. The van der Waals surface area contributed by atoms with Crippen molar-refractivity contribution in [2.75, 3.05) is 12.3 Å². The van der Waals surface area contributed by atoms with Crippen LogP contribution >= 0.6 is 0 Å². The van der Waals surface area contributed by atoms with Gasteiger partial charge in [0.2, 0.25) is 0 Å². The van der Waals surface area contributed by atoms with Crippen LogP contribution in [-0.2, 0) is 13.1 Å². The molecular formula is C17H26N2.